The van der Waals surface area contributed by atoms with E-state index in [-0.39, 0.29) is 31.1 Å². The molecule has 2 atom stereocenters. The highest BCUT2D eigenvalue weighted by Gasteiger charge is 2.13. The molecule has 0 radical (unpaired) electrons. The first-order valence-electron chi connectivity index (χ1n) is 4.79. The third kappa shape index (κ3) is 5.90. The van der Waals surface area contributed by atoms with Crippen LogP contribution in [-0.4, -0.2) is 43.4 Å². The molecule has 0 aromatic rings. The second kappa shape index (κ2) is 7.73. The van der Waals surface area contributed by atoms with Gasteiger partial charge < -0.3 is 20.9 Å². The van der Waals surface area contributed by atoms with E-state index in [0.717, 1.165) is 0 Å². The van der Waals surface area contributed by atoms with Gasteiger partial charge in [0, 0.05) is 19.2 Å². The summed E-state index contributed by atoms with van der Waals surface area (Å²) < 4.78 is 4.96. The number of carbonyl (C=O) groups excluding carboxylic acids is 1. The van der Waals surface area contributed by atoms with Crippen LogP contribution in [0.15, 0.2) is 0 Å². The van der Waals surface area contributed by atoms with Crippen molar-refractivity contribution in [3.8, 4) is 0 Å². The normalized spacial score (nSPS) is 14.9. The summed E-state index contributed by atoms with van der Waals surface area (Å²) in [6.07, 6.45) is 0. The van der Waals surface area contributed by atoms with Gasteiger partial charge >= 0.3 is 0 Å². The van der Waals surface area contributed by atoms with Crippen LogP contribution in [0, 0.1) is 5.92 Å². The molecule has 0 spiro atoms. The lowest BCUT2D eigenvalue weighted by Gasteiger charge is -2.19. The zero-order chi connectivity index (χ0) is 11.0. The number of hydrogen-bond donors (Lipinski definition) is 3. The van der Waals surface area contributed by atoms with Crippen LogP contribution in [0.5, 0.6) is 0 Å². The molecule has 5 heteroatoms. The summed E-state index contributed by atoms with van der Waals surface area (Å²) >= 11 is 0. The second-order valence-corrected chi connectivity index (χ2v) is 3.36. The summed E-state index contributed by atoms with van der Waals surface area (Å²) in [7, 11) is 0. The molecule has 5 nitrogen and oxygen atoms in total. The SMILES string of the molecule is CC(CO)C(C)NC(=O)COCCN. The van der Waals surface area contributed by atoms with E-state index in [1.54, 1.807) is 0 Å². The van der Waals surface area contributed by atoms with E-state index in [1.807, 2.05) is 13.8 Å². The van der Waals surface area contributed by atoms with Gasteiger partial charge in [0.25, 0.3) is 0 Å². The molecule has 0 aromatic heterocycles. The number of nitrogens with two attached hydrogens (primary N) is 1. The molecule has 0 aliphatic heterocycles. The first-order chi connectivity index (χ1) is 6.61. The number of hydrogen-bond acceptors (Lipinski definition) is 4. The fraction of sp³-hybridized carbons (Fsp3) is 0.889. The van der Waals surface area contributed by atoms with Gasteiger partial charge in [0.05, 0.1) is 6.61 Å². The van der Waals surface area contributed by atoms with Crippen molar-refractivity contribution >= 4 is 5.91 Å². The molecular weight excluding hydrogens is 184 g/mol. The summed E-state index contributed by atoms with van der Waals surface area (Å²) in [4.78, 5) is 11.2. The molecule has 0 saturated carbocycles. The minimum atomic E-state index is -0.175. The Balaban J connectivity index is 3.60. The maximum Gasteiger partial charge on any atom is 0.246 e. The molecule has 0 rings (SSSR count). The average Bonchev–Trinajstić information content (AvgIpc) is 2.16. The predicted molar refractivity (Wildman–Crippen MR) is 53.7 cm³/mol. The van der Waals surface area contributed by atoms with Gasteiger partial charge in [0.2, 0.25) is 5.91 Å². The number of nitrogens with one attached hydrogen (secondary N) is 1. The largest absolute Gasteiger partial charge is 0.396 e. The highest BCUT2D eigenvalue weighted by Crippen LogP contribution is 1.99. The highest BCUT2D eigenvalue weighted by molar-refractivity contribution is 5.77. The van der Waals surface area contributed by atoms with Crippen molar-refractivity contribution in [1.29, 1.82) is 0 Å². The van der Waals surface area contributed by atoms with Gasteiger partial charge in [-0.3, -0.25) is 4.79 Å². The monoisotopic (exact) mass is 204 g/mol. The molecular formula is C9H20N2O3. The number of amides is 1. The highest BCUT2D eigenvalue weighted by atomic mass is 16.5. The second-order valence-electron chi connectivity index (χ2n) is 3.36. The molecule has 0 aliphatic rings. The maximum atomic E-state index is 11.2. The Morgan fingerprint density at radius 1 is 1.57 bits per heavy atom. The number of aliphatic hydroxyl groups is 1. The van der Waals surface area contributed by atoms with Gasteiger partial charge in [0.15, 0.2) is 0 Å². The number of carbonyl (C=O) groups is 1. The fourth-order valence-corrected chi connectivity index (χ4v) is 0.844. The van der Waals surface area contributed by atoms with E-state index in [2.05, 4.69) is 5.32 Å². The van der Waals surface area contributed by atoms with Crippen LogP contribution in [0.3, 0.4) is 0 Å². The van der Waals surface area contributed by atoms with Gasteiger partial charge in [-0.25, -0.2) is 0 Å². The van der Waals surface area contributed by atoms with Gasteiger partial charge in [-0.15, -0.1) is 0 Å². The Labute approximate surface area is 84.6 Å². The molecule has 1 amide bonds. The number of aliphatic hydroxyl groups excluding tert-OH is 1. The van der Waals surface area contributed by atoms with Crippen molar-refractivity contribution in [3.63, 3.8) is 0 Å². The van der Waals surface area contributed by atoms with Crippen molar-refractivity contribution in [3.05, 3.63) is 0 Å². The van der Waals surface area contributed by atoms with Gasteiger partial charge in [-0.2, -0.15) is 0 Å². The summed E-state index contributed by atoms with van der Waals surface area (Å²) in [5.41, 5.74) is 5.20. The van der Waals surface area contributed by atoms with Crippen LogP contribution in [0.25, 0.3) is 0 Å². The Hall–Kier alpha value is -0.650. The molecule has 84 valence electrons. The predicted octanol–water partition coefficient (Wildman–Crippen LogP) is -0.905. The Bertz CT molecular complexity index is 164. The quantitative estimate of drug-likeness (QED) is 0.469. The molecule has 0 aromatic carbocycles. The van der Waals surface area contributed by atoms with E-state index < -0.39 is 0 Å². The van der Waals surface area contributed by atoms with Gasteiger partial charge in [0.1, 0.15) is 6.61 Å². The fourth-order valence-electron chi connectivity index (χ4n) is 0.844. The Morgan fingerprint density at radius 2 is 2.21 bits per heavy atom. The van der Waals surface area contributed by atoms with Crippen LogP contribution in [0.2, 0.25) is 0 Å². The maximum absolute atomic E-state index is 11.2. The summed E-state index contributed by atoms with van der Waals surface area (Å²) in [5.74, 6) is -0.125. The molecule has 2 unspecified atom stereocenters. The van der Waals surface area contributed by atoms with Crippen molar-refractivity contribution in [2.24, 2.45) is 11.7 Å². The van der Waals surface area contributed by atoms with Crippen molar-refractivity contribution in [1.82, 2.24) is 5.32 Å². The molecule has 0 bridgehead atoms. The average molecular weight is 204 g/mol. The van der Waals surface area contributed by atoms with E-state index >= 15 is 0 Å². The zero-order valence-electron chi connectivity index (χ0n) is 8.82. The van der Waals surface area contributed by atoms with E-state index in [0.29, 0.717) is 13.2 Å². The first-order valence-corrected chi connectivity index (χ1v) is 4.79. The van der Waals surface area contributed by atoms with Crippen molar-refractivity contribution < 1.29 is 14.6 Å². The van der Waals surface area contributed by atoms with Crippen LogP contribution in [0.1, 0.15) is 13.8 Å². The van der Waals surface area contributed by atoms with Crippen LogP contribution in [0.4, 0.5) is 0 Å². The minimum absolute atomic E-state index is 0.0275. The standard InChI is InChI=1S/C9H20N2O3/c1-7(5-12)8(2)11-9(13)6-14-4-3-10/h7-8,12H,3-6,10H2,1-2H3,(H,11,13). The Kier molecular flexibility index (Phi) is 7.37. The summed E-state index contributed by atoms with van der Waals surface area (Å²) in [6.45, 7) is 4.60. The zero-order valence-corrected chi connectivity index (χ0v) is 8.82. The van der Waals surface area contributed by atoms with Crippen molar-refractivity contribution in [2.75, 3.05) is 26.4 Å². The molecule has 4 N–H and O–H groups in total. The lowest BCUT2D eigenvalue weighted by Crippen LogP contribution is -2.40. The van der Waals surface area contributed by atoms with Crippen LogP contribution >= 0.6 is 0 Å². The topological polar surface area (TPSA) is 84.6 Å². The number of ether oxygens (including phenoxy) is 1. The van der Waals surface area contributed by atoms with Gasteiger partial charge in [-0.05, 0) is 12.8 Å². The lowest BCUT2D eigenvalue weighted by atomic mass is 10.1. The van der Waals surface area contributed by atoms with Gasteiger partial charge in [-0.1, -0.05) is 6.92 Å². The van der Waals surface area contributed by atoms with E-state index in [4.69, 9.17) is 15.6 Å². The summed E-state index contributed by atoms with van der Waals surface area (Å²) in [5, 5.41) is 11.6. The van der Waals surface area contributed by atoms with Crippen LogP contribution in [-0.2, 0) is 9.53 Å². The molecule has 0 heterocycles. The Morgan fingerprint density at radius 3 is 2.71 bits per heavy atom. The lowest BCUT2D eigenvalue weighted by molar-refractivity contribution is -0.126. The third-order valence-corrected chi connectivity index (χ3v) is 2.03. The number of rotatable bonds is 7. The smallest absolute Gasteiger partial charge is 0.246 e. The summed E-state index contributed by atoms with van der Waals surface area (Å²) in [6, 6.07) is -0.0472. The third-order valence-electron chi connectivity index (χ3n) is 2.03. The minimum Gasteiger partial charge on any atom is -0.396 e. The molecule has 14 heavy (non-hydrogen) atoms. The first kappa shape index (κ1) is 13.4. The molecule has 0 saturated heterocycles. The van der Waals surface area contributed by atoms with E-state index in [9.17, 15) is 4.79 Å². The molecule has 0 fully saturated rings. The molecule has 0 aliphatic carbocycles. The van der Waals surface area contributed by atoms with E-state index in [1.165, 1.54) is 0 Å². The van der Waals surface area contributed by atoms with Crippen molar-refractivity contribution in [2.45, 2.75) is 19.9 Å². The van der Waals surface area contributed by atoms with Crippen LogP contribution < -0.4 is 11.1 Å².